The fraction of sp³-hybridized carbons (Fsp3) is 0.471. The predicted molar refractivity (Wildman–Crippen MR) is 82.5 cm³/mol. The lowest BCUT2D eigenvalue weighted by molar-refractivity contribution is 0.658. The van der Waals surface area contributed by atoms with E-state index in [-0.39, 0.29) is 0 Å². The van der Waals surface area contributed by atoms with Gasteiger partial charge in [-0.05, 0) is 44.2 Å². The van der Waals surface area contributed by atoms with Crippen molar-refractivity contribution in [2.75, 3.05) is 18.0 Å². The Morgan fingerprint density at radius 1 is 1.05 bits per heavy atom. The molecule has 1 unspecified atom stereocenters. The molecule has 2 aliphatic rings. The Balaban J connectivity index is 1.59. The molecule has 0 N–H and O–H groups in total. The minimum atomic E-state index is 0.528. The Bertz CT molecular complexity index is 626. The summed E-state index contributed by atoms with van der Waals surface area (Å²) in [5, 5.41) is 0. The summed E-state index contributed by atoms with van der Waals surface area (Å²) in [6.07, 6.45) is 9.58. The Kier molecular flexibility index (Phi) is 3.30. The van der Waals surface area contributed by atoms with E-state index in [0.717, 1.165) is 32.4 Å². The third kappa shape index (κ3) is 2.39. The van der Waals surface area contributed by atoms with E-state index in [1.807, 2.05) is 12.3 Å². The smallest absolute Gasteiger partial charge is 0.135 e. The average molecular weight is 280 g/mol. The second-order valence-electron chi connectivity index (χ2n) is 6.02. The van der Waals surface area contributed by atoms with Crippen LogP contribution in [-0.2, 0) is 12.8 Å². The first-order valence-electron chi connectivity index (χ1n) is 7.90. The van der Waals surface area contributed by atoms with Crippen molar-refractivity contribution in [1.82, 2.24) is 15.0 Å². The van der Waals surface area contributed by atoms with Crippen molar-refractivity contribution in [1.29, 1.82) is 0 Å². The molecule has 1 saturated heterocycles. The third-order valence-corrected chi connectivity index (χ3v) is 4.70. The Labute approximate surface area is 125 Å². The van der Waals surface area contributed by atoms with E-state index in [4.69, 9.17) is 0 Å². The van der Waals surface area contributed by atoms with E-state index >= 15 is 0 Å². The summed E-state index contributed by atoms with van der Waals surface area (Å²) in [6, 6.07) is 6.21. The lowest BCUT2D eigenvalue weighted by Crippen LogP contribution is -2.24. The van der Waals surface area contributed by atoms with Gasteiger partial charge in [0, 0.05) is 42.2 Å². The molecule has 1 atom stereocenters. The number of hydrogen-bond donors (Lipinski definition) is 0. The quantitative estimate of drug-likeness (QED) is 0.848. The standard InChI is InChI=1S/C17H20N4/c1-2-7-16-14(5-1)17(20-12-19-16)21-10-8-13(11-21)15-6-3-4-9-18-15/h3-4,6,9,12-13H,1-2,5,7-8,10-11H2. The number of rotatable bonds is 2. The highest BCUT2D eigenvalue weighted by atomic mass is 15.2. The van der Waals surface area contributed by atoms with Gasteiger partial charge in [0.1, 0.15) is 12.1 Å². The van der Waals surface area contributed by atoms with Crippen LogP contribution in [-0.4, -0.2) is 28.0 Å². The molecule has 0 saturated carbocycles. The molecule has 0 radical (unpaired) electrons. The summed E-state index contributed by atoms with van der Waals surface area (Å²) in [5.74, 6) is 1.71. The fourth-order valence-electron chi connectivity index (χ4n) is 3.59. The minimum absolute atomic E-state index is 0.528. The van der Waals surface area contributed by atoms with Crippen LogP contribution in [0.25, 0.3) is 0 Å². The maximum Gasteiger partial charge on any atom is 0.135 e. The van der Waals surface area contributed by atoms with Crippen molar-refractivity contribution in [3.63, 3.8) is 0 Å². The average Bonchev–Trinajstić information content (AvgIpc) is 3.05. The van der Waals surface area contributed by atoms with Gasteiger partial charge in [-0.15, -0.1) is 0 Å². The van der Waals surface area contributed by atoms with Crippen molar-refractivity contribution in [3.05, 3.63) is 47.7 Å². The van der Waals surface area contributed by atoms with Gasteiger partial charge >= 0.3 is 0 Å². The molecule has 0 spiro atoms. The lowest BCUT2D eigenvalue weighted by Gasteiger charge is -2.24. The normalized spacial score (nSPS) is 21.3. The molecule has 1 aliphatic heterocycles. The molecular formula is C17H20N4. The van der Waals surface area contributed by atoms with E-state index in [2.05, 4.69) is 32.0 Å². The molecule has 2 aromatic rings. The van der Waals surface area contributed by atoms with E-state index < -0.39 is 0 Å². The van der Waals surface area contributed by atoms with Crippen molar-refractivity contribution in [3.8, 4) is 0 Å². The molecule has 0 amide bonds. The van der Waals surface area contributed by atoms with E-state index in [9.17, 15) is 0 Å². The molecule has 4 nitrogen and oxygen atoms in total. The van der Waals surface area contributed by atoms with Gasteiger partial charge in [0.25, 0.3) is 0 Å². The van der Waals surface area contributed by atoms with Crippen molar-refractivity contribution in [2.45, 2.75) is 38.0 Å². The van der Waals surface area contributed by atoms with Crippen LogP contribution >= 0.6 is 0 Å². The van der Waals surface area contributed by atoms with Crippen LogP contribution in [0.4, 0.5) is 5.82 Å². The maximum absolute atomic E-state index is 4.60. The molecule has 4 heteroatoms. The number of anilines is 1. The number of nitrogens with zero attached hydrogens (tertiary/aromatic N) is 4. The number of aryl methyl sites for hydroxylation is 1. The van der Waals surface area contributed by atoms with Crippen LogP contribution in [0, 0.1) is 0 Å². The van der Waals surface area contributed by atoms with Gasteiger partial charge in [0.05, 0.1) is 0 Å². The zero-order valence-corrected chi connectivity index (χ0v) is 12.2. The number of pyridine rings is 1. The zero-order valence-electron chi connectivity index (χ0n) is 12.2. The monoisotopic (exact) mass is 280 g/mol. The summed E-state index contributed by atoms with van der Waals surface area (Å²) >= 11 is 0. The third-order valence-electron chi connectivity index (χ3n) is 4.70. The van der Waals surface area contributed by atoms with Gasteiger partial charge < -0.3 is 4.90 Å². The second-order valence-corrected chi connectivity index (χ2v) is 6.02. The molecule has 3 heterocycles. The molecule has 1 fully saturated rings. The first-order chi connectivity index (χ1) is 10.4. The molecule has 2 aromatic heterocycles. The maximum atomic E-state index is 4.60. The molecule has 108 valence electrons. The van der Waals surface area contributed by atoms with Crippen molar-refractivity contribution in [2.24, 2.45) is 0 Å². The Morgan fingerprint density at radius 2 is 2.00 bits per heavy atom. The minimum Gasteiger partial charge on any atom is -0.356 e. The summed E-state index contributed by atoms with van der Waals surface area (Å²) in [7, 11) is 0. The Morgan fingerprint density at radius 3 is 2.90 bits per heavy atom. The second kappa shape index (κ2) is 5.43. The summed E-state index contributed by atoms with van der Waals surface area (Å²) in [5.41, 5.74) is 3.88. The summed E-state index contributed by atoms with van der Waals surface area (Å²) < 4.78 is 0. The SMILES string of the molecule is c1ccc(C2CCN(c3ncnc4c3CCCC4)C2)nc1. The van der Waals surface area contributed by atoms with E-state index in [0.29, 0.717) is 5.92 Å². The molecular weight excluding hydrogens is 260 g/mol. The van der Waals surface area contributed by atoms with Crippen LogP contribution in [0.5, 0.6) is 0 Å². The molecule has 1 aliphatic carbocycles. The van der Waals surface area contributed by atoms with Gasteiger partial charge in [-0.1, -0.05) is 6.07 Å². The van der Waals surface area contributed by atoms with Crippen LogP contribution in [0.2, 0.25) is 0 Å². The first-order valence-corrected chi connectivity index (χ1v) is 7.90. The highest BCUT2D eigenvalue weighted by Crippen LogP contribution is 2.33. The van der Waals surface area contributed by atoms with Gasteiger partial charge in [0.15, 0.2) is 0 Å². The van der Waals surface area contributed by atoms with E-state index in [1.165, 1.54) is 35.6 Å². The highest BCUT2D eigenvalue weighted by Gasteiger charge is 2.28. The van der Waals surface area contributed by atoms with Gasteiger partial charge in [-0.25, -0.2) is 9.97 Å². The first kappa shape index (κ1) is 12.7. The van der Waals surface area contributed by atoms with Gasteiger partial charge in [-0.2, -0.15) is 0 Å². The molecule has 21 heavy (non-hydrogen) atoms. The van der Waals surface area contributed by atoms with Crippen LogP contribution in [0.3, 0.4) is 0 Å². The lowest BCUT2D eigenvalue weighted by atomic mass is 9.96. The van der Waals surface area contributed by atoms with Crippen molar-refractivity contribution < 1.29 is 0 Å². The van der Waals surface area contributed by atoms with Crippen molar-refractivity contribution >= 4 is 5.82 Å². The Hall–Kier alpha value is -1.97. The number of hydrogen-bond acceptors (Lipinski definition) is 4. The summed E-state index contributed by atoms with van der Waals surface area (Å²) in [6.45, 7) is 2.10. The molecule has 4 rings (SSSR count). The van der Waals surface area contributed by atoms with E-state index in [1.54, 1.807) is 6.33 Å². The topological polar surface area (TPSA) is 41.9 Å². The molecule has 0 aromatic carbocycles. The van der Waals surface area contributed by atoms with Crippen LogP contribution < -0.4 is 4.90 Å². The number of aromatic nitrogens is 3. The fourth-order valence-corrected chi connectivity index (χ4v) is 3.59. The number of fused-ring (bicyclic) bond motifs is 1. The van der Waals surface area contributed by atoms with Crippen LogP contribution in [0.15, 0.2) is 30.7 Å². The zero-order chi connectivity index (χ0) is 14.1. The molecule has 0 bridgehead atoms. The van der Waals surface area contributed by atoms with Crippen LogP contribution in [0.1, 0.15) is 42.1 Å². The van der Waals surface area contributed by atoms with Gasteiger partial charge in [-0.3, -0.25) is 4.98 Å². The largest absolute Gasteiger partial charge is 0.356 e. The summed E-state index contributed by atoms with van der Waals surface area (Å²) in [4.78, 5) is 16.0. The predicted octanol–water partition coefficient (Wildman–Crippen LogP) is 2.74. The highest BCUT2D eigenvalue weighted by molar-refractivity contribution is 5.51. The van der Waals surface area contributed by atoms with Gasteiger partial charge in [0.2, 0.25) is 0 Å².